The van der Waals surface area contributed by atoms with Gasteiger partial charge in [-0.15, -0.1) is 0 Å². The first-order valence-corrected chi connectivity index (χ1v) is 6.28. The van der Waals surface area contributed by atoms with E-state index in [1.165, 1.54) is 31.5 Å². The summed E-state index contributed by atoms with van der Waals surface area (Å²) in [6.07, 6.45) is 2.40. The fourth-order valence-electron chi connectivity index (χ4n) is 2.39. The van der Waals surface area contributed by atoms with Gasteiger partial charge in [-0.1, -0.05) is 37.3 Å². The quantitative estimate of drug-likeness (QED) is 0.839. The average molecular weight is 218 g/mol. The maximum Gasteiger partial charge on any atom is 0.0180 e. The first kappa shape index (κ1) is 11.6. The molecule has 0 aromatic heterocycles. The lowest BCUT2D eigenvalue weighted by molar-refractivity contribution is 0.320. The third-order valence-electron chi connectivity index (χ3n) is 3.56. The highest BCUT2D eigenvalue weighted by Gasteiger charge is 2.19. The zero-order valence-corrected chi connectivity index (χ0v) is 10.1. The van der Waals surface area contributed by atoms with Gasteiger partial charge in [-0.05, 0) is 37.4 Å². The van der Waals surface area contributed by atoms with Crippen molar-refractivity contribution in [2.24, 2.45) is 5.73 Å². The van der Waals surface area contributed by atoms with Crippen molar-refractivity contribution in [1.29, 1.82) is 0 Å². The maximum absolute atomic E-state index is 5.90. The normalized spacial score (nSPS) is 23.5. The molecular weight excluding hydrogens is 196 g/mol. The van der Waals surface area contributed by atoms with Crippen LogP contribution in [0.15, 0.2) is 30.3 Å². The van der Waals surface area contributed by atoms with Crippen molar-refractivity contribution in [3.8, 4) is 0 Å². The highest BCUT2D eigenvalue weighted by molar-refractivity contribution is 5.18. The fourth-order valence-corrected chi connectivity index (χ4v) is 2.39. The van der Waals surface area contributed by atoms with Gasteiger partial charge in [-0.25, -0.2) is 0 Å². The lowest BCUT2D eigenvalue weighted by Gasteiger charge is -2.18. The molecule has 2 N–H and O–H groups in total. The van der Waals surface area contributed by atoms with E-state index in [2.05, 4.69) is 42.2 Å². The molecular formula is C14H22N2. The minimum absolute atomic E-state index is 0.409. The van der Waals surface area contributed by atoms with E-state index in [-0.39, 0.29) is 0 Å². The lowest BCUT2D eigenvalue weighted by atomic mass is 9.98. The molecule has 1 heterocycles. The Kier molecular flexibility index (Phi) is 3.97. The number of nitrogens with two attached hydrogens (primary N) is 1. The Morgan fingerprint density at radius 1 is 1.38 bits per heavy atom. The van der Waals surface area contributed by atoms with E-state index in [0.717, 1.165) is 6.54 Å². The summed E-state index contributed by atoms with van der Waals surface area (Å²) in [5, 5.41) is 0. The second-order valence-corrected chi connectivity index (χ2v) is 4.95. The summed E-state index contributed by atoms with van der Waals surface area (Å²) in [5.74, 6) is 0.651. The molecule has 1 aromatic rings. The Balaban J connectivity index is 1.78. The molecule has 1 fully saturated rings. The highest BCUT2D eigenvalue weighted by Crippen LogP contribution is 2.19. The number of benzene rings is 1. The molecule has 1 aromatic carbocycles. The van der Waals surface area contributed by atoms with Gasteiger partial charge in [-0.3, -0.25) is 0 Å². The van der Waals surface area contributed by atoms with Crippen LogP contribution in [0.1, 0.15) is 31.2 Å². The van der Waals surface area contributed by atoms with Crippen LogP contribution in [-0.2, 0) is 0 Å². The van der Waals surface area contributed by atoms with Crippen LogP contribution in [0.3, 0.4) is 0 Å². The Morgan fingerprint density at radius 2 is 2.12 bits per heavy atom. The zero-order chi connectivity index (χ0) is 11.4. The van der Waals surface area contributed by atoms with Gasteiger partial charge in [-0.2, -0.15) is 0 Å². The van der Waals surface area contributed by atoms with Crippen LogP contribution in [0.25, 0.3) is 0 Å². The summed E-state index contributed by atoms with van der Waals surface area (Å²) in [6, 6.07) is 11.2. The van der Waals surface area contributed by atoms with Gasteiger partial charge in [0.1, 0.15) is 0 Å². The van der Waals surface area contributed by atoms with Gasteiger partial charge in [0.2, 0.25) is 0 Å². The third-order valence-corrected chi connectivity index (χ3v) is 3.56. The van der Waals surface area contributed by atoms with Gasteiger partial charge in [0, 0.05) is 12.6 Å². The van der Waals surface area contributed by atoms with E-state index < -0.39 is 0 Å². The molecule has 0 amide bonds. The topological polar surface area (TPSA) is 29.3 Å². The van der Waals surface area contributed by atoms with Crippen LogP contribution < -0.4 is 5.73 Å². The Labute approximate surface area is 98.4 Å². The van der Waals surface area contributed by atoms with E-state index in [0.29, 0.717) is 12.0 Å². The molecule has 2 atom stereocenters. The second-order valence-electron chi connectivity index (χ2n) is 4.95. The van der Waals surface area contributed by atoms with Crippen LogP contribution in [0, 0.1) is 0 Å². The first-order chi connectivity index (χ1) is 7.75. The largest absolute Gasteiger partial charge is 0.326 e. The molecule has 88 valence electrons. The monoisotopic (exact) mass is 218 g/mol. The van der Waals surface area contributed by atoms with E-state index >= 15 is 0 Å². The lowest BCUT2D eigenvalue weighted by Crippen LogP contribution is -2.27. The molecule has 0 saturated carbocycles. The Morgan fingerprint density at radius 3 is 2.75 bits per heavy atom. The van der Waals surface area contributed by atoms with Crippen molar-refractivity contribution in [2.75, 3.05) is 19.6 Å². The van der Waals surface area contributed by atoms with E-state index in [9.17, 15) is 0 Å². The fraction of sp³-hybridized carbons (Fsp3) is 0.571. The van der Waals surface area contributed by atoms with E-state index in [1.54, 1.807) is 0 Å². The SMILES string of the molecule is C[C@@H](CCN1CC[C@H](N)C1)c1ccccc1. The van der Waals surface area contributed by atoms with Crippen molar-refractivity contribution in [2.45, 2.75) is 31.7 Å². The molecule has 2 nitrogen and oxygen atoms in total. The number of hydrogen-bond donors (Lipinski definition) is 1. The van der Waals surface area contributed by atoms with Crippen molar-refractivity contribution < 1.29 is 0 Å². The second kappa shape index (κ2) is 5.46. The molecule has 0 spiro atoms. The molecule has 0 bridgehead atoms. The molecule has 1 aliphatic rings. The molecule has 0 radical (unpaired) electrons. The predicted octanol–water partition coefficient (Wildman–Crippen LogP) is 2.21. The highest BCUT2D eigenvalue weighted by atomic mass is 15.2. The van der Waals surface area contributed by atoms with Crippen LogP contribution in [-0.4, -0.2) is 30.6 Å². The van der Waals surface area contributed by atoms with Gasteiger partial charge in [0.25, 0.3) is 0 Å². The summed E-state index contributed by atoms with van der Waals surface area (Å²) in [5.41, 5.74) is 7.35. The number of nitrogens with zero attached hydrogens (tertiary/aromatic N) is 1. The predicted molar refractivity (Wildman–Crippen MR) is 68.5 cm³/mol. The molecule has 2 heteroatoms. The smallest absolute Gasteiger partial charge is 0.0180 e. The minimum atomic E-state index is 0.409. The molecule has 1 aliphatic heterocycles. The number of rotatable bonds is 4. The summed E-state index contributed by atoms with van der Waals surface area (Å²) in [4.78, 5) is 2.49. The van der Waals surface area contributed by atoms with Gasteiger partial charge < -0.3 is 10.6 Å². The van der Waals surface area contributed by atoms with Crippen LogP contribution >= 0.6 is 0 Å². The van der Waals surface area contributed by atoms with Gasteiger partial charge >= 0.3 is 0 Å². The van der Waals surface area contributed by atoms with Gasteiger partial charge in [0.05, 0.1) is 0 Å². The summed E-state index contributed by atoms with van der Waals surface area (Å²) >= 11 is 0. The Bertz CT molecular complexity index is 310. The molecule has 16 heavy (non-hydrogen) atoms. The Hall–Kier alpha value is -0.860. The molecule has 0 unspecified atom stereocenters. The maximum atomic E-state index is 5.90. The summed E-state index contributed by atoms with van der Waals surface area (Å²) < 4.78 is 0. The van der Waals surface area contributed by atoms with Crippen LogP contribution in [0.2, 0.25) is 0 Å². The van der Waals surface area contributed by atoms with Crippen molar-refractivity contribution in [3.63, 3.8) is 0 Å². The molecule has 2 rings (SSSR count). The minimum Gasteiger partial charge on any atom is -0.326 e. The molecule has 1 saturated heterocycles. The van der Waals surface area contributed by atoms with Gasteiger partial charge in [0.15, 0.2) is 0 Å². The zero-order valence-electron chi connectivity index (χ0n) is 10.1. The van der Waals surface area contributed by atoms with Crippen molar-refractivity contribution in [1.82, 2.24) is 4.90 Å². The van der Waals surface area contributed by atoms with E-state index in [1.807, 2.05) is 0 Å². The standard InChI is InChI=1S/C14H22N2/c1-12(13-5-3-2-4-6-13)7-9-16-10-8-14(15)11-16/h2-6,12,14H,7-11,15H2,1H3/t12-,14-/m0/s1. The van der Waals surface area contributed by atoms with Crippen LogP contribution in [0.5, 0.6) is 0 Å². The van der Waals surface area contributed by atoms with Crippen molar-refractivity contribution >= 4 is 0 Å². The third kappa shape index (κ3) is 3.06. The summed E-state index contributed by atoms with van der Waals surface area (Å²) in [6.45, 7) is 5.76. The van der Waals surface area contributed by atoms with E-state index in [4.69, 9.17) is 5.73 Å². The average Bonchev–Trinajstić information content (AvgIpc) is 2.73. The van der Waals surface area contributed by atoms with Crippen LogP contribution in [0.4, 0.5) is 0 Å². The number of hydrogen-bond acceptors (Lipinski definition) is 2. The molecule has 0 aliphatic carbocycles. The number of likely N-dealkylation sites (tertiary alicyclic amines) is 1. The van der Waals surface area contributed by atoms with Crippen molar-refractivity contribution in [3.05, 3.63) is 35.9 Å². The first-order valence-electron chi connectivity index (χ1n) is 6.28. The summed E-state index contributed by atoms with van der Waals surface area (Å²) in [7, 11) is 0.